The van der Waals surface area contributed by atoms with Crippen molar-refractivity contribution in [2.75, 3.05) is 13.1 Å². The number of aliphatic hydroxyl groups is 1. The SMILES string of the molecule is CC(O)CCCNC(=O)CNC(=O)c1cccc(Cl)c1. The minimum atomic E-state index is -0.366. The van der Waals surface area contributed by atoms with E-state index in [0.717, 1.165) is 0 Å². The Morgan fingerprint density at radius 2 is 2.10 bits per heavy atom. The Morgan fingerprint density at radius 1 is 1.35 bits per heavy atom. The van der Waals surface area contributed by atoms with Crippen LogP contribution in [0, 0.1) is 0 Å². The molecule has 1 aromatic rings. The van der Waals surface area contributed by atoms with Crippen LogP contribution in [0.5, 0.6) is 0 Å². The van der Waals surface area contributed by atoms with E-state index >= 15 is 0 Å². The second kappa shape index (κ2) is 8.55. The van der Waals surface area contributed by atoms with Crippen molar-refractivity contribution in [3.63, 3.8) is 0 Å². The Balaban J connectivity index is 2.25. The first kappa shape index (κ1) is 16.5. The molecule has 0 heterocycles. The van der Waals surface area contributed by atoms with Gasteiger partial charge in [-0.1, -0.05) is 17.7 Å². The van der Waals surface area contributed by atoms with Crippen molar-refractivity contribution < 1.29 is 14.7 Å². The lowest BCUT2D eigenvalue weighted by atomic mass is 10.2. The summed E-state index contributed by atoms with van der Waals surface area (Å²) < 4.78 is 0. The van der Waals surface area contributed by atoms with Gasteiger partial charge in [0.05, 0.1) is 12.6 Å². The smallest absolute Gasteiger partial charge is 0.251 e. The lowest BCUT2D eigenvalue weighted by Crippen LogP contribution is -2.37. The molecule has 2 amide bonds. The molecular weight excluding hydrogens is 280 g/mol. The summed E-state index contributed by atoms with van der Waals surface area (Å²) in [6, 6.07) is 6.51. The maximum atomic E-state index is 11.7. The quantitative estimate of drug-likeness (QED) is 0.665. The van der Waals surface area contributed by atoms with Gasteiger partial charge in [0.1, 0.15) is 0 Å². The van der Waals surface area contributed by atoms with Crippen molar-refractivity contribution in [3.8, 4) is 0 Å². The van der Waals surface area contributed by atoms with Crippen molar-refractivity contribution in [2.24, 2.45) is 0 Å². The summed E-state index contributed by atoms with van der Waals surface area (Å²) >= 11 is 5.78. The van der Waals surface area contributed by atoms with E-state index in [1.807, 2.05) is 0 Å². The Morgan fingerprint density at radius 3 is 2.75 bits per heavy atom. The highest BCUT2D eigenvalue weighted by atomic mass is 35.5. The summed E-state index contributed by atoms with van der Waals surface area (Å²) in [7, 11) is 0. The van der Waals surface area contributed by atoms with Crippen molar-refractivity contribution >= 4 is 23.4 Å². The number of aliphatic hydroxyl groups excluding tert-OH is 1. The second-order valence-corrected chi connectivity index (χ2v) is 4.97. The van der Waals surface area contributed by atoms with E-state index in [2.05, 4.69) is 10.6 Å². The zero-order valence-corrected chi connectivity index (χ0v) is 12.1. The highest BCUT2D eigenvalue weighted by Gasteiger charge is 2.08. The van der Waals surface area contributed by atoms with Gasteiger partial charge in [0.25, 0.3) is 5.91 Å². The molecule has 1 aromatic carbocycles. The van der Waals surface area contributed by atoms with Crippen LogP contribution in [0.4, 0.5) is 0 Å². The molecular formula is C14H19ClN2O3. The number of amides is 2. The van der Waals surface area contributed by atoms with E-state index in [-0.39, 0.29) is 24.5 Å². The predicted molar refractivity (Wildman–Crippen MR) is 77.7 cm³/mol. The third-order valence-electron chi connectivity index (χ3n) is 2.62. The van der Waals surface area contributed by atoms with Gasteiger partial charge in [-0.15, -0.1) is 0 Å². The van der Waals surface area contributed by atoms with E-state index < -0.39 is 0 Å². The Bertz CT molecular complexity index is 463. The molecule has 0 saturated carbocycles. The summed E-state index contributed by atoms with van der Waals surface area (Å²) in [4.78, 5) is 23.2. The summed E-state index contributed by atoms with van der Waals surface area (Å²) in [5, 5.41) is 14.7. The van der Waals surface area contributed by atoms with Crippen LogP contribution in [0.2, 0.25) is 5.02 Å². The zero-order chi connectivity index (χ0) is 15.0. The average Bonchev–Trinajstić information content (AvgIpc) is 2.40. The topological polar surface area (TPSA) is 78.4 Å². The number of carbonyl (C=O) groups is 2. The molecule has 0 aliphatic carbocycles. The Hall–Kier alpha value is -1.59. The average molecular weight is 299 g/mol. The van der Waals surface area contributed by atoms with Crippen LogP contribution in [-0.4, -0.2) is 36.1 Å². The summed E-state index contributed by atoms with van der Waals surface area (Å²) in [6.45, 7) is 2.10. The van der Waals surface area contributed by atoms with Crippen LogP contribution in [0.1, 0.15) is 30.1 Å². The van der Waals surface area contributed by atoms with E-state index in [1.54, 1.807) is 25.1 Å². The molecule has 0 saturated heterocycles. The highest BCUT2D eigenvalue weighted by Crippen LogP contribution is 2.10. The Kier molecular flexibility index (Phi) is 7.04. The molecule has 0 aromatic heterocycles. The first-order chi connectivity index (χ1) is 9.49. The van der Waals surface area contributed by atoms with Crippen molar-refractivity contribution in [1.29, 1.82) is 0 Å². The number of hydrogen-bond acceptors (Lipinski definition) is 3. The van der Waals surface area contributed by atoms with Gasteiger partial charge in [-0.05, 0) is 38.0 Å². The number of rotatable bonds is 7. The fraction of sp³-hybridized carbons (Fsp3) is 0.429. The van der Waals surface area contributed by atoms with E-state index in [4.69, 9.17) is 16.7 Å². The molecule has 0 aliphatic rings. The third-order valence-corrected chi connectivity index (χ3v) is 2.85. The molecule has 1 rings (SSSR count). The summed E-state index contributed by atoms with van der Waals surface area (Å²) in [5.41, 5.74) is 0.416. The number of halogens is 1. The van der Waals surface area contributed by atoms with Gasteiger partial charge in [-0.25, -0.2) is 0 Å². The first-order valence-corrected chi connectivity index (χ1v) is 6.85. The standard InChI is InChI=1S/C14H19ClN2O3/c1-10(18)4-3-7-16-13(19)9-17-14(20)11-5-2-6-12(15)8-11/h2,5-6,8,10,18H,3-4,7,9H2,1H3,(H,16,19)(H,17,20). The molecule has 1 unspecified atom stereocenters. The van der Waals surface area contributed by atoms with Crippen molar-refractivity contribution in [1.82, 2.24) is 10.6 Å². The van der Waals surface area contributed by atoms with Gasteiger partial charge in [-0.3, -0.25) is 9.59 Å². The molecule has 1 atom stereocenters. The van der Waals surface area contributed by atoms with Gasteiger partial charge in [0.2, 0.25) is 5.91 Å². The lowest BCUT2D eigenvalue weighted by Gasteiger charge is -2.08. The number of nitrogens with one attached hydrogen (secondary N) is 2. The van der Waals surface area contributed by atoms with Crippen molar-refractivity contribution in [3.05, 3.63) is 34.9 Å². The molecule has 110 valence electrons. The summed E-state index contributed by atoms with van der Waals surface area (Å²) in [5.74, 6) is -0.599. The third kappa shape index (κ3) is 6.54. The van der Waals surface area contributed by atoms with E-state index in [1.165, 1.54) is 6.07 Å². The van der Waals surface area contributed by atoms with Crippen LogP contribution in [0.15, 0.2) is 24.3 Å². The van der Waals surface area contributed by atoms with Crippen LogP contribution < -0.4 is 10.6 Å². The fourth-order valence-corrected chi connectivity index (χ4v) is 1.77. The second-order valence-electron chi connectivity index (χ2n) is 4.53. The van der Waals surface area contributed by atoms with Crippen molar-refractivity contribution in [2.45, 2.75) is 25.9 Å². The number of hydrogen-bond donors (Lipinski definition) is 3. The highest BCUT2D eigenvalue weighted by molar-refractivity contribution is 6.30. The predicted octanol–water partition coefficient (Wildman–Crippen LogP) is 1.35. The first-order valence-electron chi connectivity index (χ1n) is 6.47. The number of carbonyl (C=O) groups excluding carboxylic acids is 2. The molecule has 0 aliphatic heterocycles. The minimum absolute atomic E-state index is 0.0833. The van der Waals surface area contributed by atoms with E-state index in [0.29, 0.717) is 30.0 Å². The lowest BCUT2D eigenvalue weighted by molar-refractivity contribution is -0.120. The zero-order valence-electron chi connectivity index (χ0n) is 11.4. The van der Waals surface area contributed by atoms with Crippen LogP contribution >= 0.6 is 11.6 Å². The van der Waals surface area contributed by atoms with E-state index in [9.17, 15) is 9.59 Å². The molecule has 5 nitrogen and oxygen atoms in total. The van der Waals surface area contributed by atoms with Crippen LogP contribution in [0.3, 0.4) is 0 Å². The van der Waals surface area contributed by atoms with Gasteiger partial charge >= 0.3 is 0 Å². The molecule has 0 bridgehead atoms. The van der Waals surface area contributed by atoms with Gasteiger partial charge < -0.3 is 15.7 Å². The maximum absolute atomic E-state index is 11.7. The largest absolute Gasteiger partial charge is 0.393 e. The molecule has 20 heavy (non-hydrogen) atoms. The molecule has 6 heteroatoms. The van der Waals surface area contributed by atoms with Gasteiger partial charge in [-0.2, -0.15) is 0 Å². The van der Waals surface area contributed by atoms with Crippen LogP contribution in [0.25, 0.3) is 0 Å². The summed E-state index contributed by atoms with van der Waals surface area (Å²) in [6.07, 6.45) is 0.968. The molecule has 0 radical (unpaired) electrons. The Labute approximate surface area is 123 Å². The number of benzene rings is 1. The molecule has 0 fully saturated rings. The molecule has 0 spiro atoms. The fourth-order valence-electron chi connectivity index (χ4n) is 1.58. The minimum Gasteiger partial charge on any atom is -0.393 e. The normalized spacial score (nSPS) is 11.8. The maximum Gasteiger partial charge on any atom is 0.251 e. The van der Waals surface area contributed by atoms with Gasteiger partial charge in [0, 0.05) is 17.1 Å². The monoisotopic (exact) mass is 298 g/mol. The van der Waals surface area contributed by atoms with Gasteiger partial charge in [0.15, 0.2) is 0 Å². The molecule has 3 N–H and O–H groups in total. The van der Waals surface area contributed by atoms with Crippen LogP contribution in [-0.2, 0) is 4.79 Å².